The van der Waals surface area contributed by atoms with Crippen molar-refractivity contribution >= 4 is 35.1 Å². The number of aryl methyl sites for hydroxylation is 2. The van der Waals surface area contributed by atoms with Gasteiger partial charge < -0.3 is 30.0 Å². The molecule has 366 valence electrons. The Kier molecular flexibility index (Phi) is 15.4. The molecule has 2 amide bonds. The number of alkyl carbamates (subject to hydrolysis) is 1. The van der Waals surface area contributed by atoms with Gasteiger partial charge in [-0.15, -0.1) is 5.10 Å². The first-order valence-electron chi connectivity index (χ1n) is 23.8. The standard InChI is InChI=1S/C57H50N8O8/c1-37-30-38(34-59-57(70)72-36-51-49-16-4-2-14-47(49)48-15-3-5-17-50(48)51)31-54(60-37)73-46-13-7-11-41(33-46)55(67)58-27-8-18-53(66)39-19-21-43(22-20-39)61-62-44-23-25-45(26-24-44)71-29-9-28-65-35-52(63-64-65)40-10-6-12-42(32-40)56(68)69/h2-7,10-17,19-26,30-33,35,51H,8-9,18,27-29,34,36H2,1H3,(H,58,67)(H,59,70)(H,68,69). The van der Waals surface area contributed by atoms with Gasteiger partial charge >= 0.3 is 12.1 Å². The number of carbonyl (C=O) groups is 4. The molecule has 2 aromatic heterocycles. The number of carboxylic acids is 1. The molecule has 0 unspecified atom stereocenters. The summed E-state index contributed by atoms with van der Waals surface area (Å²) in [5.41, 5.74) is 9.67. The lowest BCUT2D eigenvalue weighted by Crippen LogP contribution is -2.25. The Hall–Kier alpha value is -9.31. The summed E-state index contributed by atoms with van der Waals surface area (Å²) in [5, 5.41) is 31.9. The van der Waals surface area contributed by atoms with Gasteiger partial charge in [0.2, 0.25) is 5.88 Å². The lowest BCUT2D eigenvalue weighted by Gasteiger charge is -2.15. The van der Waals surface area contributed by atoms with Crippen LogP contribution in [-0.4, -0.2) is 68.6 Å². The third-order valence-electron chi connectivity index (χ3n) is 12.0. The zero-order valence-electron chi connectivity index (χ0n) is 39.8. The zero-order chi connectivity index (χ0) is 50.5. The van der Waals surface area contributed by atoms with Crippen molar-refractivity contribution in [2.45, 2.75) is 45.2 Å². The Bertz CT molecular complexity index is 3260. The Morgan fingerprint density at radius 3 is 2.14 bits per heavy atom. The number of benzene rings is 6. The number of aromatic nitrogens is 4. The summed E-state index contributed by atoms with van der Waals surface area (Å²) in [5.74, 6) is -0.000119. The third-order valence-corrected chi connectivity index (χ3v) is 12.0. The summed E-state index contributed by atoms with van der Waals surface area (Å²) in [7, 11) is 0. The number of fused-ring (bicyclic) bond motifs is 3. The number of hydrogen-bond acceptors (Lipinski definition) is 12. The fourth-order valence-electron chi connectivity index (χ4n) is 8.41. The van der Waals surface area contributed by atoms with Gasteiger partial charge in [-0.1, -0.05) is 71.9 Å². The molecule has 0 saturated carbocycles. The second kappa shape index (κ2) is 23.1. The number of amides is 2. The topological polar surface area (TPSA) is 209 Å². The molecule has 73 heavy (non-hydrogen) atoms. The molecular formula is C57H50N8O8. The van der Waals surface area contributed by atoms with E-state index >= 15 is 0 Å². The smallest absolute Gasteiger partial charge is 0.407 e. The van der Waals surface area contributed by atoms with E-state index in [1.807, 2.05) is 49.4 Å². The van der Waals surface area contributed by atoms with Crippen LogP contribution in [0.15, 0.2) is 174 Å². The summed E-state index contributed by atoms with van der Waals surface area (Å²) in [6.07, 6.45) is 2.60. The minimum Gasteiger partial charge on any atom is -0.494 e. The van der Waals surface area contributed by atoms with E-state index in [2.05, 4.69) is 60.4 Å². The molecule has 0 fully saturated rings. The zero-order valence-corrected chi connectivity index (χ0v) is 39.8. The summed E-state index contributed by atoms with van der Waals surface area (Å²) in [6, 6.07) is 47.4. The molecule has 0 spiro atoms. The SMILES string of the molecule is Cc1cc(CNC(=O)OCC2c3ccccc3-c3ccccc32)cc(Oc2cccc(C(=O)NCCCC(=O)c3ccc(N=Nc4ccc(OCCCn5cc(-c6cccc(C(=O)O)c6)nn5)cc4)cc3)c2)n1. The van der Waals surface area contributed by atoms with Crippen molar-refractivity contribution in [3.63, 3.8) is 0 Å². The van der Waals surface area contributed by atoms with Crippen LogP contribution in [0.2, 0.25) is 0 Å². The highest BCUT2D eigenvalue weighted by Crippen LogP contribution is 2.44. The molecule has 0 saturated heterocycles. The molecule has 1 aliphatic rings. The molecule has 6 aromatic carbocycles. The molecule has 16 nitrogen and oxygen atoms in total. The molecule has 0 bridgehead atoms. The number of pyridine rings is 1. The molecule has 0 atom stereocenters. The maximum Gasteiger partial charge on any atom is 0.407 e. The highest BCUT2D eigenvalue weighted by Gasteiger charge is 2.29. The number of hydrogen-bond donors (Lipinski definition) is 3. The maximum atomic E-state index is 13.1. The van der Waals surface area contributed by atoms with Gasteiger partial charge in [-0.05, 0) is 126 Å². The third kappa shape index (κ3) is 12.7. The number of rotatable bonds is 21. The number of carboxylic acid groups (broad SMARTS) is 1. The molecule has 2 heterocycles. The summed E-state index contributed by atoms with van der Waals surface area (Å²) < 4.78 is 19.3. The van der Waals surface area contributed by atoms with Gasteiger partial charge in [-0.25, -0.2) is 14.6 Å². The van der Waals surface area contributed by atoms with E-state index in [0.717, 1.165) is 27.8 Å². The first-order chi connectivity index (χ1) is 35.6. The van der Waals surface area contributed by atoms with Crippen molar-refractivity contribution < 1.29 is 38.5 Å². The van der Waals surface area contributed by atoms with Gasteiger partial charge in [-0.2, -0.15) is 10.2 Å². The molecular weight excluding hydrogens is 925 g/mol. The predicted octanol–water partition coefficient (Wildman–Crippen LogP) is 11.5. The lowest BCUT2D eigenvalue weighted by molar-refractivity contribution is 0.0696. The Balaban J connectivity index is 0.668. The number of nitrogens with one attached hydrogen (secondary N) is 2. The van der Waals surface area contributed by atoms with Crippen molar-refractivity contribution in [2.75, 3.05) is 19.8 Å². The van der Waals surface area contributed by atoms with Crippen LogP contribution in [0.25, 0.3) is 22.4 Å². The number of ether oxygens (including phenoxy) is 3. The molecule has 1 aliphatic carbocycles. The van der Waals surface area contributed by atoms with Crippen LogP contribution < -0.4 is 20.1 Å². The number of Topliss-reactive ketones (excluding diaryl/α,β-unsaturated/α-hetero) is 1. The van der Waals surface area contributed by atoms with E-state index in [4.69, 9.17) is 14.2 Å². The van der Waals surface area contributed by atoms with E-state index in [-0.39, 0.29) is 42.7 Å². The lowest BCUT2D eigenvalue weighted by atomic mass is 9.98. The van der Waals surface area contributed by atoms with Crippen molar-refractivity contribution in [1.29, 1.82) is 0 Å². The molecule has 3 N–H and O–H groups in total. The van der Waals surface area contributed by atoms with Crippen LogP contribution in [0.4, 0.5) is 16.2 Å². The molecule has 16 heteroatoms. The minimum absolute atomic E-state index is 0.0406. The van der Waals surface area contributed by atoms with Crippen LogP contribution in [0, 0.1) is 6.92 Å². The second-order valence-corrected chi connectivity index (χ2v) is 17.2. The molecule has 9 rings (SSSR count). The average Bonchev–Trinajstić information content (AvgIpc) is 4.02. The quantitative estimate of drug-likeness (QED) is 0.0350. The fourth-order valence-corrected chi connectivity index (χ4v) is 8.41. The van der Waals surface area contributed by atoms with Crippen LogP contribution >= 0.6 is 0 Å². The van der Waals surface area contributed by atoms with Crippen LogP contribution in [0.5, 0.6) is 17.4 Å². The number of aromatic carboxylic acids is 1. The summed E-state index contributed by atoms with van der Waals surface area (Å²) in [4.78, 5) is 54.7. The number of azo groups is 1. The van der Waals surface area contributed by atoms with Crippen molar-refractivity contribution in [3.8, 4) is 39.8 Å². The summed E-state index contributed by atoms with van der Waals surface area (Å²) >= 11 is 0. The summed E-state index contributed by atoms with van der Waals surface area (Å²) in [6.45, 7) is 3.56. The maximum absolute atomic E-state index is 13.1. The Morgan fingerprint density at radius 2 is 1.40 bits per heavy atom. The molecule has 0 aliphatic heterocycles. The number of carbonyl (C=O) groups excluding carboxylic acids is 3. The van der Waals surface area contributed by atoms with E-state index in [9.17, 15) is 24.3 Å². The van der Waals surface area contributed by atoms with E-state index in [1.165, 1.54) is 6.07 Å². The van der Waals surface area contributed by atoms with E-state index in [0.29, 0.717) is 89.4 Å². The van der Waals surface area contributed by atoms with Crippen molar-refractivity contribution in [1.82, 2.24) is 30.6 Å². The first kappa shape index (κ1) is 48.7. The Labute approximate surface area is 420 Å². The molecule has 0 radical (unpaired) electrons. The minimum atomic E-state index is -0.997. The normalized spacial score (nSPS) is 11.7. The van der Waals surface area contributed by atoms with Gasteiger partial charge in [0.25, 0.3) is 5.91 Å². The van der Waals surface area contributed by atoms with Gasteiger partial charge in [0, 0.05) is 66.8 Å². The van der Waals surface area contributed by atoms with Gasteiger partial charge in [0.05, 0.1) is 29.7 Å². The molecule has 8 aromatic rings. The Morgan fingerprint density at radius 1 is 0.699 bits per heavy atom. The van der Waals surface area contributed by atoms with Crippen LogP contribution in [0.3, 0.4) is 0 Å². The van der Waals surface area contributed by atoms with Crippen LogP contribution in [0.1, 0.15) is 78.6 Å². The number of nitrogens with zero attached hydrogens (tertiary/aromatic N) is 6. The first-order valence-corrected chi connectivity index (χ1v) is 23.8. The van der Waals surface area contributed by atoms with Gasteiger partial charge in [0.1, 0.15) is 23.8 Å². The number of ketones is 1. The van der Waals surface area contributed by atoms with Gasteiger partial charge in [0.15, 0.2) is 5.78 Å². The van der Waals surface area contributed by atoms with E-state index < -0.39 is 12.1 Å². The highest BCUT2D eigenvalue weighted by molar-refractivity contribution is 5.97. The van der Waals surface area contributed by atoms with Gasteiger partial charge in [-0.3, -0.25) is 14.3 Å². The van der Waals surface area contributed by atoms with Crippen LogP contribution in [-0.2, 0) is 17.8 Å². The average molecular weight is 975 g/mol. The predicted molar refractivity (Wildman–Crippen MR) is 273 cm³/mol. The second-order valence-electron chi connectivity index (χ2n) is 17.2. The largest absolute Gasteiger partial charge is 0.494 e. The van der Waals surface area contributed by atoms with E-state index in [1.54, 1.807) is 95.8 Å². The fraction of sp³-hybridized carbons (Fsp3) is 0.175. The van der Waals surface area contributed by atoms with Crippen molar-refractivity contribution in [3.05, 3.63) is 203 Å². The highest BCUT2D eigenvalue weighted by atomic mass is 16.5. The monoisotopic (exact) mass is 974 g/mol. The van der Waals surface area contributed by atoms with Crippen molar-refractivity contribution in [2.24, 2.45) is 10.2 Å².